The van der Waals surface area contributed by atoms with Crippen LogP contribution in [0.15, 0.2) is 61.2 Å². The maximum atomic E-state index is 13.1. The Balaban J connectivity index is 2.21. The first-order chi connectivity index (χ1) is 9.20. The molecule has 0 aliphatic heterocycles. The van der Waals surface area contributed by atoms with Gasteiger partial charge >= 0.3 is 0 Å². The van der Waals surface area contributed by atoms with Gasteiger partial charge in [-0.05, 0) is 30.2 Å². The van der Waals surface area contributed by atoms with Gasteiger partial charge in [0.25, 0.3) is 0 Å². The summed E-state index contributed by atoms with van der Waals surface area (Å²) >= 11 is 5.79. The van der Waals surface area contributed by atoms with Crippen LogP contribution in [0.2, 0.25) is 5.02 Å². The van der Waals surface area contributed by atoms with E-state index in [2.05, 4.69) is 11.9 Å². The van der Waals surface area contributed by atoms with E-state index in [4.69, 9.17) is 11.6 Å². The largest absolute Gasteiger partial charge is 0.378 e. The summed E-state index contributed by atoms with van der Waals surface area (Å²) in [5.41, 5.74) is 1.95. The van der Waals surface area contributed by atoms with Crippen molar-refractivity contribution < 1.29 is 4.39 Å². The van der Waals surface area contributed by atoms with Crippen molar-refractivity contribution in [2.75, 3.05) is 5.32 Å². The van der Waals surface area contributed by atoms with Crippen molar-refractivity contribution in [2.45, 2.75) is 12.5 Å². The fourth-order valence-electron chi connectivity index (χ4n) is 1.92. The Kier molecular flexibility index (Phi) is 4.58. The van der Waals surface area contributed by atoms with Crippen LogP contribution in [0.25, 0.3) is 0 Å². The Bertz CT molecular complexity index is 554. The SMILES string of the molecule is C=CCC(Nc1ccc(F)c(Cl)c1)c1ccccc1. The Hall–Kier alpha value is -1.80. The van der Waals surface area contributed by atoms with Crippen molar-refractivity contribution in [3.8, 4) is 0 Å². The fourth-order valence-corrected chi connectivity index (χ4v) is 2.10. The summed E-state index contributed by atoms with van der Waals surface area (Å²) in [6.07, 6.45) is 2.63. The zero-order valence-electron chi connectivity index (χ0n) is 10.4. The lowest BCUT2D eigenvalue weighted by Crippen LogP contribution is -2.09. The average molecular weight is 276 g/mol. The van der Waals surface area contributed by atoms with E-state index in [0.29, 0.717) is 0 Å². The van der Waals surface area contributed by atoms with Crippen molar-refractivity contribution in [2.24, 2.45) is 0 Å². The van der Waals surface area contributed by atoms with Crippen molar-refractivity contribution in [1.29, 1.82) is 0 Å². The second-order valence-corrected chi connectivity index (χ2v) is 4.67. The third-order valence-corrected chi connectivity index (χ3v) is 3.15. The molecule has 0 fully saturated rings. The molecule has 98 valence electrons. The zero-order valence-corrected chi connectivity index (χ0v) is 11.2. The molecule has 2 rings (SSSR count). The average Bonchev–Trinajstić information content (AvgIpc) is 2.43. The van der Waals surface area contributed by atoms with Crippen molar-refractivity contribution >= 4 is 17.3 Å². The second kappa shape index (κ2) is 6.39. The van der Waals surface area contributed by atoms with Gasteiger partial charge < -0.3 is 5.32 Å². The van der Waals surface area contributed by atoms with E-state index >= 15 is 0 Å². The van der Waals surface area contributed by atoms with Gasteiger partial charge in [-0.15, -0.1) is 6.58 Å². The van der Waals surface area contributed by atoms with Crippen LogP contribution in [0.5, 0.6) is 0 Å². The third-order valence-electron chi connectivity index (χ3n) is 2.86. The maximum absolute atomic E-state index is 13.1. The van der Waals surface area contributed by atoms with Crippen molar-refractivity contribution in [3.05, 3.63) is 77.6 Å². The van der Waals surface area contributed by atoms with Gasteiger partial charge in [-0.1, -0.05) is 48.0 Å². The Morgan fingerprint density at radius 3 is 2.58 bits per heavy atom. The Labute approximate surface area is 117 Å². The van der Waals surface area contributed by atoms with E-state index in [0.717, 1.165) is 17.7 Å². The predicted molar refractivity (Wildman–Crippen MR) is 79.0 cm³/mol. The van der Waals surface area contributed by atoms with Crippen LogP contribution >= 0.6 is 11.6 Å². The maximum Gasteiger partial charge on any atom is 0.141 e. The molecule has 1 N–H and O–H groups in total. The lowest BCUT2D eigenvalue weighted by Gasteiger charge is -2.19. The summed E-state index contributed by atoms with van der Waals surface area (Å²) in [6.45, 7) is 3.77. The molecular weight excluding hydrogens is 261 g/mol. The summed E-state index contributed by atoms with van der Waals surface area (Å²) < 4.78 is 13.1. The highest BCUT2D eigenvalue weighted by atomic mass is 35.5. The van der Waals surface area contributed by atoms with Gasteiger partial charge in [0.05, 0.1) is 11.1 Å². The minimum absolute atomic E-state index is 0.0974. The van der Waals surface area contributed by atoms with Gasteiger partial charge in [0.15, 0.2) is 0 Å². The highest BCUT2D eigenvalue weighted by molar-refractivity contribution is 6.31. The molecule has 2 aromatic carbocycles. The summed E-state index contributed by atoms with van der Waals surface area (Å²) in [7, 11) is 0. The molecule has 0 bridgehead atoms. The van der Waals surface area contributed by atoms with Crippen LogP contribution in [0, 0.1) is 5.82 Å². The first kappa shape index (κ1) is 13.6. The number of hydrogen-bond acceptors (Lipinski definition) is 1. The van der Waals surface area contributed by atoms with Crippen LogP contribution < -0.4 is 5.32 Å². The molecular formula is C16H15ClFN. The molecule has 1 unspecified atom stereocenters. The van der Waals surface area contributed by atoms with Gasteiger partial charge in [0, 0.05) is 5.69 Å². The van der Waals surface area contributed by atoms with E-state index in [-0.39, 0.29) is 11.1 Å². The van der Waals surface area contributed by atoms with Crippen LogP contribution in [0.4, 0.5) is 10.1 Å². The molecule has 0 heterocycles. The highest BCUT2D eigenvalue weighted by Crippen LogP contribution is 2.25. The van der Waals surface area contributed by atoms with E-state index in [1.807, 2.05) is 36.4 Å². The minimum atomic E-state index is -0.410. The summed E-state index contributed by atoms with van der Waals surface area (Å²) in [6, 6.07) is 14.8. The minimum Gasteiger partial charge on any atom is -0.378 e. The molecule has 1 nitrogen and oxygen atoms in total. The molecule has 0 aliphatic carbocycles. The monoisotopic (exact) mass is 275 g/mol. The van der Waals surface area contributed by atoms with Crippen LogP contribution in [0.1, 0.15) is 18.0 Å². The Morgan fingerprint density at radius 1 is 1.21 bits per heavy atom. The first-order valence-electron chi connectivity index (χ1n) is 6.08. The molecule has 0 amide bonds. The van der Waals surface area contributed by atoms with Crippen molar-refractivity contribution in [1.82, 2.24) is 0 Å². The normalized spacial score (nSPS) is 11.9. The second-order valence-electron chi connectivity index (χ2n) is 4.26. The van der Waals surface area contributed by atoms with Crippen molar-refractivity contribution in [3.63, 3.8) is 0 Å². The summed E-state index contributed by atoms with van der Waals surface area (Å²) in [5, 5.41) is 3.46. The quantitative estimate of drug-likeness (QED) is 0.739. The molecule has 0 aliphatic rings. The molecule has 0 spiro atoms. The molecule has 2 aromatic rings. The van der Waals surface area contributed by atoms with Gasteiger partial charge in [-0.2, -0.15) is 0 Å². The van der Waals surface area contributed by atoms with Gasteiger partial charge in [0.2, 0.25) is 0 Å². The number of hydrogen-bond donors (Lipinski definition) is 1. The summed E-state index contributed by atoms with van der Waals surface area (Å²) in [4.78, 5) is 0. The first-order valence-corrected chi connectivity index (χ1v) is 6.46. The van der Waals surface area contributed by atoms with Crippen LogP contribution in [0.3, 0.4) is 0 Å². The summed E-state index contributed by atoms with van der Waals surface area (Å²) in [5.74, 6) is -0.410. The van der Waals surface area contributed by atoms with E-state index < -0.39 is 5.82 Å². The smallest absolute Gasteiger partial charge is 0.141 e. The van der Waals surface area contributed by atoms with Gasteiger partial charge in [-0.3, -0.25) is 0 Å². The molecule has 0 saturated carbocycles. The zero-order chi connectivity index (χ0) is 13.7. The van der Waals surface area contributed by atoms with Gasteiger partial charge in [0.1, 0.15) is 5.82 Å². The number of nitrogens with one attached hydrogen (secondary N) is 1. The molecule has 3 heteroatoms. The molecule has 0 saturated heterocycles. The van der Waals surface area contributed by atoms with E-state index in [1.165, 1.54) is 6.07 Å². The van der Waals surface area contributed by atoms with Crippen LogP contribution in [-0.4, -0.2) is 0 Å². The van der Waals surface area contributed by atoms with E-state index in [1.54, 1.807) is 12.1 Å². The molecule has 0 aromatic heterocycles. The lowest BCUT2D eigenvalue weighted by molar-refractivity contribution is 0.628. The number of anilines is 1. The number of halogens is 2. The lowest BCUT2D eigenvalue weighted by atomic mass is 10.0. The molecule has 19 heavy (non-hydrogen) atoms. The number of rotatable bonds is 5. The van der Waals surface area contributed by atoms with Gasteiger partial charge in [-0.25, -0.2) is 4.39 Å². The predicted octanol–water partition coefficient (Wildman–Crippen LogP) is 5.21. The topological polar surface area (TPSA) is 12.0 Å². The fraction of sp³-hybridized carbons (Fsp3) is 0.125. The molecule has 0 radical (unpaired) electrons. The Morgan fingerprint density at radius 2 is 1.95 bits per heavy atom. The number of benzene rings is 2. The molecule has 1 atom stereocenters. The van der Waals surface area contributed by atoms with Crippen LogP contribution in [-0.2, 0) is 0 Å². The van der Waals surface area contributed by atoms with E-state index in [9.17, 15) is 4.39 Å². The third kappa shape index (κ3) is 3.58. The highest BCUT2D eigenvalue weighted by Gasteiger charge is 2.10. The standard InChI is InChI=1S/C16H15ClFN/c1-2-6-16(12-7-4-3-5-8-12)19-13-9-10-15(18)14(17)11-13/h2-5,7-11,16,19H,1,6H2.